The molecule has 1 aromatic carbocycles. The Kier molecular flexibility index (Phi) is 4.29. The lowest BCUT2D eigenvalue weighted by Gasteiger charge is -2.08. The predicted octanol–water partition coefficient (Wildman–Crippen LogP) is 2.55. The summed E-state index contributed by atoms with van der Waals surface area (Å²) in [6, 6.07) is 12.3. The summed E-state index contributed by atoms with van der Waals surface area (Å²) in [6.07, 6.45) is 2.11. The van der Waals surface area contributed by atoms with Crippen LogP contribution in [0.1, 0.15) is 28.8 Å². The second-order valence-corrected chi connectivity index (χ2v) is 5.00. The number of amides is 1. The molecule has 0 bridgehead atoms. The summed E-state index contributed by atoms with van der Waals surface area (Å²) in [5.74, 6) is 0.939. The summed E-state index contributed by atoms with van der Waals surface area (Å²) in [6.45, 7) is 1.98. The van der Waals surface area contributed by atoms with Crippen molar-refractivity contribution in [3.63, 3.8) is 0 Å². The van der Waals surface area contributed by atoms with Gasteiger partial charge in [-0.25, -0.2) is 9.97 Å². The normalized spacial score (nSPS) is 10.2. The maximum absolute atomic E-state index is 12.4. The van der Waals surface area contributed by atoms with Crippen LogP contribution in [-0.2, 0) is 6.42 Å². The number of rotatable bonds is 4. The molecule has 0 aliphatic heterocycles. The predicted molar refractivity (Wildman–Crippen MR) is 88.1 cm³/mol. The van der Waals surface area contributed by atoms with E-state index in [1.54, 1.807) is 12.1 Å². The SMILES string of the molecule is CCc1nc(-c2ccccc2NC(=O)c2ccc(C#N)cn2)n[nH]1. The zero-order valence-corrected chi connectivity index (χ0v) is 12.9. The molecule has 0 atom stereocenters. The van der Waals surface area contributed by atoms with Crippen LogP contribution >= 0.6 is 0 Å². The largest absolute Gasteiger partial charge is 0.320 e. The van der Waals surface area contributed by atoms with E-state index in [0.29, 0.717) is 17.1 Å². The van der Waals surface area contributed by atoms with Gasteiger partial charge in [-0.3, -0.25) is 9.89 Å². The number of pyridine rings is 1. The number of anilines is 1. The van der Waals surface area contributed by atoms with E-state index in [9.17, 15) is 4.79 Å². The van der Waals surface area contributed by atoms with Crippen LogP contribution in [0, 0.1) is 11.3 Å². The minimum absolute atomic E-state index is 0.230. The van der Waals surface area contributed by atoms with E-state index in [1.807, 2.05) is 31.2 Å². The topological polar surface area (TPSA) is 107 Å². The van der Waals surface area contributed by atoms with Gasteiger partial charge >= 0.3 is 0 Å². The fourth-order valence-electron chi connectivity index (χ4n) is 2.14. The Hall–Kier alpha value is -3.53. The number of benzene rings is 1. The average Bonchev–Trinajstić information content (AvgIpc) is 3.11. The fraction of sp³-hybridized carbons (Fsp3) is 0.118. The molecule has 0 saturated carbocycles. The Labute approximate surface area is 138 Å². The highest BCUT2D eigenvalue weighted by Crippen LogP contribution is 2.25. The lowest BCUT2D eigenvalue weighted by atomic mass is 10.1. The summed E-state index contributed by atoms with van der Waals surface area (Å²) in [5, 5.41) is 18.6. The number of carbonyl (C=O) groups is 1. The van der Waals surface area contributed by atoms with E-state index in [1.165, 1.54) is 12.3 Å². The van der Waals surface area contributed by atoms with Crippen LogP contribution in [0.25, 0.3) is 11.4 Å². The molecule has 2 N–H and O–H groups in total. The maximum Gasteiger partial charge on any atom is 0.274 e. The zero-order valence-electron chi connectivity index (χ0n) is 12.9. The van der Waals surface area contributed by atoms with Gasteiger partial charge in [0.25, 0.3) is 5.91 Å². The first-order valence-corrected chi connectivity index (χ1v) is 7.39. The van der Waals surface area contributed by atoms with Crippen molar-refractivity contribution in [2.75, 3.05) is 5.32 Å². The molecule has 1 amide bonds. The van der Waals surface area contributed by atoms with Crippen molar-refractivity contribution in [3.05, 3.63) is 59.7 Å². The van der Waals surface area contributed by atoms with Crippen molar-refractivity contribution in [1.82, 2.24) is 20.2 Å². The van der Waals surface area contributed by atoms with Gasteiger partial charge in [-0.15, -0.1) is 0 Å². The van der Waals surface area contributed by atoms with Crippen molar-refractivity contribution in [2.45, 2.75) is 13.3 Å². The summed E-state index contributed by atoms with van der Waals surface area (Å²) in [7, 11) is 0. The summed E-state index contributed by atoms with van der Waals surface area (Å²) >= 11 is 0. The molecule has 0 spiro atoms. The number of hydrogen-bond acceptors (Lipinski definition) is 5. The number of aromatic amines is 1. The van der Waals surface area contributed by atoms with Gasteiger partial charge in [0, 0.05) is 18.2 Å². The van der Waals surface area contributed by atoms with Crippen LogP contribution in [0.3, 0.4) is 0 Å². The molecule has 3 rings (SSSR count). The first-order valence-electron chi connectivity index (χ1n) is 7.39. The number of aryl methyl sites for hydroxylation is 1. The summed E-state index contributed by atoms with van der Waals surface area (Å²) < 4.78 is 0. The van der Waals surface area contributed by atoms with E-state index < -0.39 is 0 Å². The molecular weight excluding hydrogens is 304 g/mol. The number of hydrogen-bond donors (Lipinski definition) is 2. The van der Waals surface area contributed by atoms with Crippen LogP contribution in [-0.4, -0.2) is 26.1 Å². The Bertz CT molecular complexity index is 907. The number of para-hydroxylation sites is 1. The average molecular weight is 318 g/mol. The third-order valence-electron chi connectivity index (χ3n) is 3.41. The smallest absolute Gasteiger partial charge is 0.274 e. The molecule has 0 unspecified atom stereocenters. The van der Waals surface area contributed by atoms with Gasteiger partial charge in [0.2, 0.25) is 0 Å². The Morgan fingerprint density at radius 1 is 1.29 bits per heavy atom. The van der Waals surface area contributed by atoms with Gasteiger partial charge in [0.05, 0.1) is 11.3 Å². The number of carbonyl (C=O) groups excluding carboxylic acids is 1. The number of aromatic nitrogens is 4. The van der Waals surface area contributed by atoms with Gasteiger partial charge < -0.3 is 5.32 Å². The Balaban J connectivity index is 1.87. The highest BCUT2D eigenvalue weighted by molar-refractivity contribution is 6.04. The van der Waals surface area contributed by atoms with Crippen LogP contribution in [0.2, 0.25) is 0 Å². The van der Waals surface area contributed by atoms with E-state index in [0.717, 1.165) is 17.8 Å². The number of nitrogens with zero attached hydrogens (tertiary/aromatic N) is 4. The van der Waals surface area contributed by atoms with Crippen molar-refractivity contribution in [2.24, 2.45) is 0 Å². The molecule has 118 valence electrons. The fourth-order valence-corrected chi connectivity index (χ4v) is 2.14. The van der Waals surface area contributed by atoms with Crippen molar-refractivity contribution < 1.29 is 4.79 Å². The Morgan fingerprint density at radius 3 is 2.79 bits per heavy atom. The number of H-pyrrole nitrogens is 1. The summed E-state index contributed by atoms with van der Waals surface area (Å²) in [5.41, 5.74) is 1.94. The highest BCUT2D eigenvalue weighted by Gasteiger charge is 2.14. The molecule has 2 aromatic heterocycles. The quantitative estimate of drug-likeness (QED) is 0.768. The molecule has 7 heteroatoms. The van der Waals surface area contributed by atoms with Gasteiger partial charge in [-0.05, 0) is 24.3 Å². The van der Waals surface area contributed by atoms with Crippen molar-refractivity contribution >= 4 is 11.6 Å². The lowest BCUT2D eigenvalue weighted by Crippen LogP contribution is -2.14. The van der Waals surface area contributed by atoms with Gasteiger partial charge in [-0.1, -0.05) is 19.1 Å². The molecule has 0 aliphatic carbocycles. The minimum Gasteiger partial charge on any atom is -0.320 e. The number of nitrogens with one attached hydrogen (secondary N) is 2. The maximum atomic E-state index is 12.4. The van der Waals surface area contributed by atoms with E-state index in [4.69, 9.17) is 5.26 Å². The monoisotopic (exact) mass is 318 g/mol. The van der Waals surface area contributed by atoms with Crippen molar-refractivity contribution in [1.29, 1.82) is 5.26 Å². The summed E-state index contributed by atoms with van der Waals surface area (Å²) in [4.78, 5) is 20.7. The molecule has 0 saturated heterocycles. The van der Waals surface area contributed by atoms with Gasteiger partial charge in [0.15, 0.2) is 5.82 Å². The molecule has 0 radical (unpaired) electrons. The third-order valence-corrected chi connectivity index (χ3v) is 3.41. The third kappa shape index (κ3) is 3.13. The second kappa shape index (κ2) is 6.71. The first-order chi connectivity index (χ1) is 11.7. The van der Waals surface area contributed by atoms with Crippen molar-refractivity contribution in [3.8, 4) is 17.5 Å². The molecule has 24 heavy (non-hydrogen) atoms. The Morgan fingerprint density at radius 2 is 2.12 bits per heavy atom. The van der Waals surface area contributed by atoms with Crippen LogP contribution in [0.5, 0.6) is 0 Å². The van der Waals surface area contributed by atoms with E-state index >= 15 is 0 Å². The van der Waals surface area contributed by atoms with E-state index in [2.05, 4.69) is 25.5 Å². The molecule has 7 nitrogen and oxygen atoms in total. The lowest BCUT2D eigenvalue weighted by molar-refractivity contribution is 0.102. The number of nitriles is 1. The second-order valence-electron chi connectivity index (χ2n) is 5.00. The van der Waals surface area contributed by atoms with Gasteiger partial charge in [-0.2, -0.15) is 10.4 Å². The van der Waals surface area contributed by atoms with E-state index in [-0.39, 0.29) is 11.6 Å². The van der Waals surface area contributed by atoms with Crippen LogP contribution in [0.15, 0.2) is 42.6 Å². The minimum atomic E-state index is -0.363. The molecule has 0 fully saturated rings. The highest BCUT2D eigenvalue weighted by atomic mass is 16.1. The van der Waals surface area contributed by atoms with Gasteiger partial charge in [0.1, 0.15) is 17.6 Å². The molecule has 0 aliphatic rings. The van der Waals surface area contributed by atoms with Crippen LogP contribution in [0.4, 0.5) is 5.69 Å². The molecule has 2 heterocycles. The van der Waals surface area contributed by atoms with Crippen LogP contribution < -0.4 is 5.32 Å². The molecular formula is C17H14N6O. The first kappa shape index (κ1) is 15.4. The standard InChI is InChI=1S/C17H14N6O/c1-2-15-21-16(23-22-15)12-5-3-4-6-13(12)20-17(24)14-8-7-11(9-18)10-19-14/h3-8,10H,2H2,1H3,(H,20,24)(H,21,22,23). The molecule has 3 aromatic rings. The zero-order chi connectivity index (χ0) is 16.9.